The van der Waals surface area contributed by atoms with Gasteiger partial charge in [0.2, 0.25) is 5.91 Å². The Morgan fingerprint density at radius 3 is 2.47 bits per heavy atom. The topological polar surface area (TPSA) is 119 Å². The van der Waals surface area contributed by atoms with E-state index in [-0.39, 0.29) is 23.0 Å². The second-order valence-corrected chi connectivity index (χ2v) is 10.1. The molecule has 0 radical (unpaired) electrons. The molecule has 3 heterocycles. The number of carbonyl (C=O) groups excluding carboxylic acids is 1. The van der Waals surface area contributed by atoms with Crippen molar-refractivity contribution in [3.05, 3.63) is 54.1 Å². The molecule has 196 valence electrons. The third-order valence-corrected chi connectivity index (χ3v) is 7.47. The van der Waals surface area contributed by atoms with Gasteiger partial charge in [-0.3, -0.25) is 4.79 Å². The second-order valence-electron chi connectivity index (χ2n) is 10.1. The van der Waals surface area contributed by atoms with Crippen LogP contribution in [-0.4, -0.2) is 53.6 Å². The van der Waals surface area contributed by atoms with Gasteiger partial charge in [-0.25, -0.2) is 4.98 Å². The minimum Gasteiger partial charge on any atom is -0.507 e. The number of benzene rings is 2. The van der Waals surface area contributed by atoms with E-state index in [0.717, 1.165) is 62.5 Å². The molecule has 2 aliphatic heterocycles. The van der Waals surface area contributed by atoms with Crippen molar-refractivity contribution in [3.63, 3.8) is 0 Å². The predicted molar refractivity (Wildman–Crippen MR) is 151 cm³/mol. The molecule has 2 fully saturated rings. The quantitative estimate of drug-likeness (QED) is 0.410. The number of aromatic hydroxyl groups is 1. The third kappa shape index (κ3) is 5.58. The molecule has 1 amide bonds. The molecular formula is C30H34N6O2. The van der Waals surface area contributed by atoms with Crippen LogP contribution in [0, 0.1) is 11.3 Å². The molecule has 0 bridgehead atoms. The zero-order valence-electron chi connectivity index (χ0n) is 21.6. The van der Waals surface area contributed by atoms with Crippen LogP contribution in [0.2, 0.25) is 0 Å². The predicted octanol–water partition coefficient (Wildman–Crippen LogP) is 4.99. The lowest BCUT2D eigenvalue weighted by atomic mass is 9.97. The first-order valence-electron chi connectivity index (χ1n) is 13.4. The number of aromatic nitrogens is 1. The molecule has 8 heteroatoms. The maximum absolute atomic E-state index is 13.1. The standard InChI is InChI=1S/C30H34N6O2/c31-20-24-23(19-25(34-30(24)32)22-8-2-3-9-28(22)37)21-10-11-27(36-15-6-7-16-36)26(18-21)33-29(38)12-17-35-13-4-1-5-14-35/h2-3,8-11,18-19,37H,1,4-7,12-17H2,(H2,32,34)(H,33,38). The molecule has 4 N–H and O–H groups in total. The normalized spacial score (nSPS) is 15.8. The van der Waals surface area contributed by atoms with E-state index in [4.69, 9.17) is 5.73 Å². The largest absolute Gasteiger partial charge is 0.507 e. The van der Waals surface area contributed by atoms with E-state index in [9.17, 15) is 15.2 Å². The Bertz CT molecular complexity index is 1350. The highest BCUT2D eigenvalue weighted by atomic mass is 16.3. The van der Waals surface area contributed by atoms with Crippen LogP contribution in [0.25, 0.3) is 22.4 Å². The van der Waals surface area contributed by atoms with Crippen LogP contribution in [0.4, 0.5) is 17.2 Å². The highest BCUT2D eigenvalue weighted by Crippen LogP contribution is 2.38. The number of para-hydroxylation sites is 1. The fraction of sp³-hybridized carbons (Fsp3) is 0.367. The van der Waals surface area contributed by atoms with Crippen LogP contribution in [-0.2, 0) is 4.79 Å². The van der Waals surface area contributed by atoms with Crippen molar-refractivity contribution in [1.82, 2.24) is 9.88 Å². The van der Waals surface area contributed by atoms with Gasteiger partial charge in [0.1, 0.15) is 23.2 Å². The van der Waals surface area contributed by atoms with Gasteiger partial charge in [0.05, 0.1) is 17.1 Å². The van der Waals surface area contributed by atoms with Gasteiger partial charge in [0, 0.05) is 37.2 Å². The maximum atomic E-state index is 13.1. The molecule has 0 unspecified atom stereocenters. The molecule has 3 aromatic rings. The summed E-state index contributed by atoms with van der Waals surface area (Å²) < 4.78 is 0. The number of phenols is 1. The number of anilines is 3. The Hall–Kier alpha value is -4.09. The summed E-state index contributed by atoms with van der Waals surface area (Å²) in [6, 6.07) is 16.8. The summed E-state index contributed by atoms with van der Waals surface area (Å²) in [7, 11) is 0. The van der Waals surface area contributed by atoms with E-state index < -0.39 is 0 Å². The first-order chi connectivity index (χ1) is 18.5. The Kier molecular flexibility index (Phi) is 7.75. The number of nitrogens with two attached hydrogens (primary N) is 1. The van der Waals surface area contributed by atoms with Crippen molar-refractivity contribution in [1.29, 1.82) is 5.26 Å². The highest BCUT2D eigenvalue weighted by Gasteiger charge is 2.21. The molecule has 2 aromatic carbocycles. The Morgan fingerprint density at radius 2 is 1.74 bits per heavy atom. The summed E-state index contributed by atoms with van der Waals surface area (Å²) >= 11 is 0. The van der Waals surface area contributed by atoms with Gasteiger partial charge in [-0.1, -0.05) is 24.6 Å². The Balaban J connectivity index is 1.49. The molecule has 38 heavy (non-hydrogen) atoms. The van der Waals surface area contributed by atoms with E-state index >= 15 is 0 Å². The summed E-state index contributed by atoms with van der Waals surface area (Å²) in [6.45, 7) is 4.76. The molecule has 1 aromatic heterocycles. The number of phenolic OH excluding ortho intramolecular Hbond substituents is 1. The molecule has 0 atom stereocenters. The first kappa shape index (κ1) is 25.6. The lowest BCUT2D eigenvalue weighted by molar-refractivity contribution is -0.116. The molecule has 8 nitrogen and oxygen atoms in total. The van der Waals surface area contributed by atoms with E-state index in [1.807, 2.05) is 24.3 Å². The number of nitrogen functional groups attached to an aromatic ring is 1. The average Bonchev–Trinajstić information content (AvgIpc) is 3.47. The van der Waals surface area contributed by atoms with Crippen LogP contribution < -0.4 is 16.0 Å². The lowest BCUT2D eigenvalue weighted by Crippen LogP contribution is -2.32. The van der Waals surface area contributed by atoms with Gasteiger partial charge in [0.15, 0.2) is 0 Å². The molecule has 5 rings (SSSR count). The van der Waals surface area contributed by atoms with E-state index in [1.54, 1.807) is 24.3 Å². The van der Waals surface area contributed by atoms with Gasteiger partial charge in [-0.05, 0) is 74.7 Å². The number of nitrogens with one attached hydrogen (secondary N) is 1. The summed E-state index contributed by atoms with van der Waals surface area (Å²) in [5.41, 5.74) is 10.6. The molecule has 2 saturated heterocycles. The van der Waals surface area contributed by atoms with Crippen molar-refractivity contribution >= 4 is 23.1 Å². The molecule has 2 aliphatic rings. The van der Waals surface area contributed by atoms with Crippen LogP contribution in [0.3, 0.4) is 0 Å². The minimum atomic E-state index is -0.0159. The fourth-order valence-corrected chi connectivity index (χ4v) is 5.43. The summed E-state index contributed by atoms with van der Waals surface area (Å²) in [6.07, 6.45) is 6.34. The number of hydrogen-bond acceptors (Lipinski definition) is 7. The van der Waals surface area contributed by atoms with Gasteiger partial charge in [-0.2, -0.15) is 5.26 Å². The number of amides is 1. The van der Waals surface area contributed by atoms with Crippen molar-refractivity contribution in [2.24, 2.45) is 0 Å². The Morgan fingerprint density at radius 1 is 1.00 bits per heavy atom. The van der Waals surface area contributed by atoms with Crippen molar-refractivity contribution in [2.75, 3.05) is 48.7 Å². The smallest absolute Gasteiger partial charge is 0.225 e. The second kappa shape index (κ2) is 11.5. The van der Waals surface area contributed by atoms with E-state index in [0.29, 0.717) is 23.2 Å². The average molecular weight is 511 g/mol. The molecule has 0 aliphatic carbocycles. The van der Waals surface area contributed by atoms with E-state index in [1.165, 1.54) is 19.3 Å². The number of likely N-dealkylation sites (tertiary alicyclic amines) is 1. The molecule has 0 saturated carbocycles. The van der Waals surface area contributed by atoms with Crippen LogP contribution in [0.1, 0.15) is 44.1 Å². The third-order valence-electron chi connectivity index (χ3n) is 7.47. The number of nitrogens with zero attached hydrogens (tertiary/aromatic N) is 4. The number of pyridine rings is 1. The van der Waals surface area contributed by atoms with Gasteiger partial charge < -0.3 is 26.0 Å². The zero-order valence-corrected chi connectivity index (χ0v) is 21.6. The van der Waals surface area contributed by atoms with Crippen molar-refractivity contribution in [2.45, 2.75) is 38.5 Å². The lowest BCUT2D eigenvalue weighted by Gasteiger charge is -2.26. The zero-order chi connectivity index (χ0) is 26.5. The minimum absolute atomic E-state index is 0.0159. The first-order valence-corrected chi connectivity index (χ1v) is 13.4. The van der Waals surface area contributed by atoms with Crippen LogP contribution in [0.15, 0.2) is 48.5 Å². The molecular weight excluding hydrogens is 476 g/mol. The van der Waals surface area contributed by atoms with Gasteiger partial charge >= 0.3 is 0 Å². The number of hydrogen-bond donors (Lipinski definition) is 3. The maximum Gasteiger partial charge on any atom is 0.225 e. The van der Waals surface area contributed by atoms with E-state index in [2.05, 4.69) is 26.2 Å². The summed E-state index contributed by atoms with van der Waals surface area (Å²) in [5.74, 6) is 0.165. The van der Waals surface area contributed by atoms with Crippen molar-refractivity contribution < 1.29 is 9.90 Å². The number of nitriles is 1. The van der Waals surface area contributed by atoms with Crippen LogP contribution in [0.5, 0.6) is 5.75 Å². The van der Waals surface area contributed by atoms with Gasteiger partial charge in [-0.15, -0.1) is 0 Å². The monoisotopic (exact) mass is 510 g/mol. The van der Waals surface area contributed by atoms with Crippen molar-refractivity contribution in [3.8, 4) is 34.2 Å². The number of piperidine rings is 1. The summed E-state index contributed by atoms with van der Waals surface area (Å²) in [5, 5.41) is 23.5. The SMILES string of the molecule is N#Cc1c(-c2ccc(N3CCCC3)c(NC(=O)CCN3CCCCC3)c2)cc(-c2ccccc2O)nc1N. The summed E-state index contributed by atoms with van der Waals surface area (Å²) in [4.78, 5) is 22.1. The number of rotatable bonds is 7. The Labute approximate surface area is 223 Å². The fourth-order valence-electron chi connectivity index (χ4n) is 5.43. The van der Waals surface area contributed by atoms with Crippen LogP contribution >= 0.6 is 0 Å². The molecule has 0 spiro atoms. The number of carbonyl (C=O) groups is 1. The highest BCUT2D eigenvalue weighted by molar-refractivity contribution is 5.96. The van der Waals surface area contributed by atoms with Gasteiger partial charge in [0.25, 0.3) is 0 Å².